The number of fused-ring (bicyclic) bond motifs is 1. The number of hydrogen-bond donors (Lipinski definition) is 2. The van der Waals surface area contributed by atoms with Crippen molar-refractivity contribution in [3.63, 3.8) is 0 Å². The maximum Gasteiger partial charge on any atom is 0.329 e. The number of aliphatic carboxylic acids is 1. The summed E-state index contributed by atoms with van der Waals surface area (Å²) < 4.78 is 10.8. The highest BCUT2D eigenvalue weighted by molar-refractivity contribution is 6.15. The van der Waals surface area contributed by atoms with Gasteiger partial charge in [-0.25, -0.2) is 9.69 Å². The molecule has 1 saturated heterocycles. The fraction of sp³-hybridized carbons (Fsp3) is 0.214. The zero-order chi connectivity index (χ0) is 15.7. The van der Waals surface area contributed by atoms with Crippen LogP contribution in [-0.2, 0) is 9.59 Å². The number of ether oxygens (including phenoxy) is 2. The molecule has 1 aromatic rings. The Bertz CT molecular complexity index is 697. The van der Waals surface area contributed by atoms with Crippen molar-refractivity contribution in [3.8, 4) is 11.5 Å². The van der Waals surface area contributed by atoms with Gasteiger partial charge in [0.2, 0.25) is 0 Å². The molecule has 8 nitrogen and oxygen atoms in total. The summed E-state index contributed by atoms with van der Waals surface area (Å²) in [6.07, 6.45) is 1.46. The first-order chi connectivity index (χ1) is 10.5. The molecule has 1 aromatic carbocycles. The van der Waals surface area contributed by atoms with E-state index in [1.165, 1.54) is 6.08 Å². The van der Waals surface area contributed by atoms with Gasteiger partial charge in [-0.2, -0.15) is 0 Å². The van der Waals surface area contributed by atoms with Gasteiger partial charge >= 0.3 is 12.0 Å². The van der Waals surface area contributed by atoms with Crippen molar-refractivity contribution in [1.82, 2.24) is 10.2 Å². The molecule has 0 saturated carbocycles. The van der Waals surface area contributed by atoms with E-state index in [1.807, 2.05) is 0 Å². The third kappa shape index (κ3) is 2.58. The van der Waals surface area contributed by atoms with Crippen LogP contribution in [0.2, 0.25) is 0 Å². The number of hydrogen-bond acceptors (Lipinski definition) is 5. The first-order valence-electron chi connectivity index (χ1n) is 6.50. The number of imide groups is 1. The van der Waals surface area contributed by atoms with Crippen LogP contribution < -0.4 is 14.8 Å². The summed E-state index contributed by atoms with van der Waals surface area (Å²) in [5.74, 6) is -0.770. The maximum atomic E-state index is 12.0. The summed E-state index contributed by atoms with van der Waals surface area (Å²) in [5.41, 5.74) is 0.646. The molecule has 0 radical (unpaired) electrons. The summed E-state index contributed by atoms with van der Waals surface area (Å²) >= 11 is 0. The Labute approximate surface area is 124 Å². The van der Waals surface area contributed by atoms with Crippen LogP contribution in [0.3, 0.4) is 0 Å². The van der Waals surface area contributed by atoms with Gasteiger partial charge in [0.05, 0.1) is 0 Å². The zero-order valence-corrected chi connectivity index (χ0v) is 11.4. The molecule has 0 atom stereocenters. The molecule has 0 unspecified atom stereocenters. The van der Waals surface area contributed by atoms with Crippen LogP contribution in [0.25, 0.3) is 6.08 Å². The van der Waals surface area contributed by atoms with E-state index in [0.29, 0.717) is 35.2 Å². The van der Waals surface area contributed by atoms with Crippen LogP contribution in [0.1, 0.15) is 5.56 Å². The van der Waals surface area contributed by atoms with Crippen LogP contribution in [0.15, 0.2) is 23.9 Å². The fourth-order valence-electron chi connectivity index (χ4n) is 2.17. The van der Waals surface area contributed by atoms with Crippen molar-refractivity contribution in [2.75, 3.05) is 19.8 Å². The van der Waals surface area contributed by atoms with E-state index in [2.05, 4.69) is 5.32 Å². The zero-order valence-electron chi connectivity index (χ0n) is 11.4. The first kappa shape index (κ1) is 13.9. The van der Waals surface area contributed by atoms with Crippen LogP contribution in [-0.4, -0.2) is 47.7 Å². The van der Waals surface area contributed by atoms with Gasteiger partial charge in [-0.05, 0) is 23.8 Å². The summed E-state index contributed by atoms with van der Waals surface area (Å²) in [6.45, 7) is 0.240. The lowest BCUT2D eigenvalue weighted by Crippen LogP contribution is -2.35. The largest absolute Gasteiger partial charge is 0.486 e. The minimum Gasteiger partial charge on any atom is -0.486 e. The second-order valence-electron chi connectivity index (χ2n) is 4.68. The van der Waals surface area contributed by atoms with Crippen LogP contribution in [0.4, 0.5) is 4.79 Å². The van der Waals surface area contributed by atoms with Gasteiger partial charge in [0, 0.05) is 0 Å². The Hall–Kier alpha value is -3.03. The monoisotopic (exact) mass is 304 g/mol. The molecule has 0 bridgehead atoms. The van der Waals surface area contributed by atoms with Gasteiger partial charge in [0.25, 0.3) is 5.91 Å². The standard InChI is InChI=1S/C14H12N2O6/c17-12(18)7-16-13(19)9(15-14(16)20)5-8-1-2-10-11(6-8)22-4-3-21-10/h1-2,5-6H,3-4,7H2,(H,15,20)(H,17,18)/b9-5+. The number of amides is 3. The normalized spacial score (nSPS) is 18.5. The van der Waals surface area contributed by atoms with Gasteiger partial charge in [0.1, 0.15) is 25.5 Å². The predicted molar refractivity (Wildman–Crippen MR) is 73.3 cm³/mol. The molecule has 2 heterocycles. The molecular weight excluding hydrogens is 292 g/mol. The number of carboxylic acids is 1. The molecule has 2 aliphatic rings. The minimum absolute atomic E-state index is 0.0166. The molecular formula is C14H12N2O6. The van der Waals surface area contributed by atoms with E-state index in [-0.39, 0.29) is 5.70 Å². The molecule has 2 N–H and O–H groups in total. The van der Waals surface area contributed by atoms with E-state index >= 15 is 0 Å². The highest BCUT2D eigenvalue weighted by Crippen LogP contribution is 2.31. The number of nitrogens with zero attached hydrogens (tertiary/aromatic N) is 1. The van der Waals surface area contributed by atoms with Gasteiger partial charge < -0.3 is 19.9 Å². The smallest absolute Gasteiger partial charge is 0.329 e. The van der Waals surface area contributed by atoms with Crippen molar-refractivity contribution in [1.29, 1.82) is 0 Å². The highest BCUT2D eigenvalue weighted by atomic mass is 16.6. The number of benzene rings is 1. The summed E-state index contributed by atoms with van der Waals surface area (Å²) in [5, 5.41) is 11.0. The van der Waals surface area contributed by atoms with Crippen LogP contribution in [0, 0.1) is 0 Å². The number of carbonyl (C=O) groups excluding carboxylic acids is 2. The Balaban J connectivity index is 1.85. The van der Waals surface area contributed by atoms with Gasteiger partial charge in [-0.3, -0.25) is 9.59 Å². The van der Waals surface area contributed by atoms with E-state index in [9.17, 15) is 14.4 Å². The van der Waals surface area contributed by atoms with Gasteiger partial charge in [-0.15, -0.1) is 0 Å². The maximum absolute atomic E-state index is 12.0. The predicted octanol–water partition coefficient (Wildman–Crippen LogP) is 0.435. The fourth-order valence-corrected chi connectivity index (χ4v) is 2.17. The van der Waals surface area contributed by atoms with E-state index in [4.69, 9.17) is 14.6 Å². The Morgan fingerprint density at radius 3 is 2.73 bits per heavy atom. The number of nitrogens with one attached hydrogen (secondary N) is 1. The Morgan fingerprint density at radius 2 is 2.00 bits per heavy atom. The average Bonchev–Trinajstić information content (AvgIpc) is 2.74. The number of rotatable bonds is 3. The highest BCUT2D eigenvalue weighted by Gasteiger charge is 2.34. The molecule has 0 aromatic heterocycles. The van der Waals surface area contributed by atoms with Crippen molar-refractivity contribution < 1.29 is 29.0 Å². The first-order valence-corrected chi connectivity index (χ1v) is 6.50. The van der Waals surface area contributed by atoms with Gasteiger partial charge in [0.15, 0.2) is 11.5 Å². The van der Waals surface area contributed by atoms with E-state index in [0.717, 1.165) is 0 Å². The molecule has 3 rings (SSSR count). The minimum atomic E-state index is -1.26. The Kier molecular flexibility index (Phi) is 3.42. The molecule has 8 heteroatoms. The molecule has 114 valence electrons. The van der Waals surface area contributed by atoms with E-state index < -0.39 is 24.5 Å². The molecule has 0 aliphatic carbocycles. The lowest BCUT2D eigenvalue weighted by molar-refractivity contribution is -0.140. The third-order valence-corrected chi connectivity index (χ3v) is 3.13. The molecule has 3 amide bonds. The van der Waals surface area contributed by atoms with Crippen LogP contribution in [0.5, 0.6) is 11.5 Å². The lowest BCUT2D eigenvalue weighted by Gasteiger charge is -2.18. The second kappa shape index (κ2) is 5.40. The Morgan fingerprint density at radius 1 is 1.27 bits per heavy atom. The average molecular weight is 304 g/mol. The van der Waals surface area contributed by atoms with Crippen molar-refractivity contribution in [2.24, 2.45) is 0 Å². The van der Waals surface area contributed by atoms with Gasteiger partial charge in [-0.1, -0.05) is 6.07 Å². The van der Waals surface area contributed by atoms with Crippen molar-refractivity contribution >= 4 is 24.0 Å². The molecule has 2 aliphatic heterocycles. The quantitative estimate of drug-likeness (QED) is 0.620. The topological polar surface area (TPSA) is 105 Å². The number of carbonyl (C=O) groups is 3. The number of carboxylic acid groups (broad SMARTS) is 1. The molecule has 0 spiro atoms. The summed E-state index contributed by atoms with van der Waals surface area (Å²) in [7, 11) is 0. The summed E-state index contributed by atoms with van der Waals surface area (Å²) in [4.78, 5) is 34.9. The second-order valence-corrected chi connectivity index (χ2v) is 4.68. The summed E-state index contributed by atoms with van der Waals surface area (Å²) in [6, 6.07) is 4.34. The molecule has 22 heavy (non-hydrogen) atoms. The van der Waals surface area contributed by atoms with E-state index in [1.54, 1.807) is 18.2 Å². The number of urea groups is 1. The lowest BCUT2D eigenvalue weighted by atomic mass is 10.1. The van der Waals surface area contributed by atoms with Crippen molar-refractivity contribution in [2.45, 2.75) is 0 Å². The van der Waals surface area contributed by atoms with Crippen molar-refractivity contribution in [3.05, 3.63) is 29.5 Å². The molecule has 1 fully saturated rings. The SMILES string of the molecule is O=C(O)CN1C(=O)N/C(=C/c2ccc3c(c2)OCCO3)C1=O. The van der Waals surface area contributed by atoms with Crippen LogP contribution >= 0.6 is 0 Å². The third-order valence-electron chi connectivity index (χ3n) is 3.13.